The fourth-order valence-electron chi connectivity index (χ4n) is 1.97. The van der Waals surface area contributed by atoms with E-state index in [0.717, 1.165) is 17.7 Å². The molecule has 1 aromatic rings. The molecule has 0 amide bonds. The second-order valence-electron chi connectivity index (χ2n) is 4.30. The van der Waals surface area contributed by atoms with Crippen LogP contribution >= 0.6 is 15.9 Å². The number of hydrogen-bond donors (Lipinski definition) is 0. The van der Waals surface area contributed by atoms with Gasteiger partial charge >= 0.3 is 0 Å². The quantitative estimate of drug-likeness (QED) is 0.787. The van der Waals surface area contributed by atoms with Crippen LogP contribution in [-0.4, -0.2) is 24.9 Å². The minimum absolute atomic E-state index is 0.0953. The summed E-state index contributed by atoms with van der Waals surface area (Å²) in [6, 6.07) is 3.96. The lowest BCUT2D eigenvalue weighted by atomic mass is 10.00. The highest BCUT2D eigenvalue weighted by Crippen LogP contribution is 2.37. The van der Waals surface area contributed by atoms with E-state index >= 15 is 0 Å². The van der Waals surface area contributed by atoms with Crippen molar-refractivity contribution in [1.82, 2.24) is 4.98 Å². The van der Waals surface area contributed by atoms with Gasteiger partial charge in [0, 0.05) is 16.7 Å². The minimum atomic E-state index is -2.81. The van der Waals surface area contributed by atoms with Crippen LogP contribution in [0.5, 0.6) is 0 Å². The third-order valence-electron chi connectivity index (χ3n) is 2.93. The average molecular weight is 304 g/mol. The third kappa shape index (κ3) is 2.63. The molecule has 1 aromatic heterocycles. The zero-order valence-electron chi connectivity index (χ0n) is 9.06. The van der Waals surface area contributed by atoms with Crippen LogP contribution in [0.25, 0.3) is 0 Å². The first-order valence-electron chi connectivity index (χ1n) is 5.25. The summed E-state index contributed by atoms with van der Waals surface area (Å²) in [7, 11) is -2.81. The molecule has 1 aliphatic heterocycles. The molecule has 0 spiro atoms. The molecular formula is C11H14BrNO2S. The van der Waals surface area contributed by atoms with Crippen molar-refractivity contribution in [2.75, 3.05) is 11.5 Å². The monoisotopic (exact) mass is 303 g/mol. The summed E-state index contributed by atoms with van der Waals surface area (Å²) in [5.41, 5.74) is 2.04. The molecule has 0 aromatic carbocycles. The van der Waals surface area contributed by atoms with Crippen molar-refractivity contribution in [3.05, 3.63) is 29.6 Å². The van der Waals surface area contributed by atoms with E-state index in [1.807, 2.05) is 25.3 Å². The van der Waals surface area contributed by atoms with Crippen molar-refractivity contribution >= 4 is 25.8 Å². The molecule has 16 heavy (non-hydrogen) atoms. The first kappa shape index (κ1) is 12.0. The summed E-state index contributed by atoms with van der Waals surface area (Å²) in [5.74, 6) is 0.782. The summed E-state index contributed by atoms with van der Waals surface area (Å²) in [5, 5.41) is 0. The maximum absolute atomic E-state index is 11.4. The fraction of sp³-hybridized carbons (Fsp3) is 0.545. The Hall–Kier alpha value is -0.420. The number of nitrogens with zero attached hydrogens (tertiary/aromatic N) is 1. The largest absolute Gasteiger partial charge is 0.261 e. The second-order valence-corrected chi connectivity index (χ2v) is 7.51. The Kier molecular flexibility index (Phi) is 3.35. The van der Waals surface area contributed by atoms with Gasteiger partial charge < -0.3 is 0 Å². The lowest BCUT2D eigenvalue weighted by Crippen LogP contribution is -2.10. The molecule has 1 saturated heterocycles. The zero-order valence-corrected chi connectivity index (χ0v) is 11.5. The lowest BCUT2D eigenvalue weighted by Gasteiger charge is -2.15. The van der Waals surface area contributed by atoms with Gasteiger partial charge in [-0.25, -0.2) is 8.42 Å². The number of hydrogen-bond acceptors (Lipinski definition) is 3. The van der Waals surface area contributed by atoms with Crippen molar-refractivity contribution in [2.45, 2.75) is 18.2 Å². The maximum Gasteiger partial charge on any atom is 0.150 e. The van der Waals surface area contributed by atoms with Gasteiger partial charge in [0.2, 0.25) is 0 Å². The number of halogens is 1. The predicted molar refractivity (Wildman–Crippen MR) is 67.4 cm³/mol. The van der Waals surface area contributed by atoms with Crippen LogP contribution in [-0.2, 0) is 9.84 Å². The minimum Gasteiger partial charge on any atom is -0.261 e. The van der Waals surface area contributed by atoms with Crippen molar-refractivity contribution in [3.63, 3.8) is 0 Å². The van der Waals surface area contributed by atoms with Crippen LogP contribution in [0.3, 0.4) is 0 Å². The molecule has 0 N–H and O–H groups in total. The van der Waals surface area contributed by atoms with Crippen molar-refractivity contribution in [1.29, 1.82) is 0 Å². The Morgan fingerprint density at radius 2 is 2.25 bits per heavy atom. The standard InChI is InChI=1S/C11H14BrNO2S/c1-8-2-3-9(6-13-8)11(12)10-4-5-16(14,15)7-10/h2-3,6,10-11H,4-5,7H2,1H3. The summed E-state index contributed by atoms with van der Waals surface area (Å²) < 4.78 is 22.8. The van der Waals surface area contributed by atoms with Gasteiger partial charge in [-0.15, -0.1) is 0 Å². The van der Waals surface area contributed by atoms with Crippen molar-refractivity contribution < 1.29 is 8.42 Å². The molecular weight excluding hydrogens is 290 g/mol. The smallest absolute Gasteiger partial charge is 0.150 e. The summed E-state index contributed by atoms with van der Waals surface area (Å²) in [6.07, 6.45) is 2.56. The molecule has 2 heterocycles. The van der Waals surface area contributed by atoms with Crippen LogP contribution in [0.4, 0.5) is 0 Å². The molecule has 0 saturated carbocycles. The maximum atomic E-state index is 11.4. The average Bonchev–Trinajstić information content (AvgIpc) is 2.59. The molecule has 3 nitrogen and oxygen atoms in total. The molecule has 2 rings (SSSR count). The van der Waals surface area contributed by atoms with Gasteiger partial charge in [0.15, 0.2) is 9.84 Å². The van der Waals surface area contributed by atoms with Crippen LogP contribution in [0, 0.1) is 12.8 Å². The highest BCUT2D eigenvalue weighted by Gasteiger charge is 2.33. The third-order valence-corrected chi connectivity index (χ3v) is 6.00. The number of aromatic nitrogens is 1. The number of aryl methyl sites for hydroxylation is 1. The Balaban J connectivity index is 2.14. The van der Waals surface area contributed by atoms with Gasteiger partial charge in [-0.05, 0) is 30.9 Å². The van der Waals surface area contributed by atoms with E-state index in [2.05, 4.69) is 20.9 Å². The Morgan fingerprint density at radius 1 is 1.50 bits per heavy atom. The Labute approximate surface area is 104 Å². The van der Waals surface area contributed by atoms with Crippen molar-refractivity contribution in [2.24, 2.45) is 5.92 Å². The first-order valence-corrected chi connectivity index (χ1v) is 7.99. The lowest BCUT2D eigenvalue weighted by molar-refractivity contribution is 0.579. The van der Waals surface area contributed by atoms with Gasteiger partial charge in [0.25, 0.3) is 0 Å². The van der Waals surface area contributed by atoms with E-state index in [9.17, 15) is 8.42 Å². The van der Waals surface area contributed by atoms with Crippen LogP contribution in [0.1, 0.15) is 22.5 Å². The molecule has 88 valence electrons. The fourth-order valence-corrected chi connectivity index (χ4v) is 4.78. The number of alkyl halides is 1. The molecule has 0 bridgehead atoms. The molecule has 2 unspecified atom stereocenters. The van der Waals surface area contributed by atoms with Crippen LogP contribution in [0.15, 0.2) is 18.3 Å². The van der Waals surface area contributed by atoms with E-state index in [1.54, 1.807) is 0 Å². The topological polar surface area (TPSA) is 47.0 Å². The highest BCUT2D eigenvalue weighted by atomic mass is 79.9. The molecule has 0 aliphatic carbocycles. The van der Waals surface area contributed by atoms with Crippen LogP contribution in [0.2, 0.25) is 0 Å². The molecule has 2 atom stereocenters. The van der Waals surface area contributed by atoms with E-state index in [0.29, 0.717) is 5.75 Å². The summed E-state index contributed by atoms with van der Waals surface area (Å²) in [4.78, 5) is 4.32. The molecule has 5 heteroatoms. The molecule has 0 radical (unpaired) electrons. The number of sulfone groups is 1. The summed E-state index contributed by atoms with van der Waals surface area (Å²) >= 11 is 3.58. The van der Waals surface area contributed by atoms with E-state index in [4.69, 9.17) is 0 Å². The zero-order chi connectivity index (χ0) is 11.8. The van der Waals surface area contributed by atoms with E-state index < -0.39 is 9.84 Å². The normalized spacial score (nSPS) is 25.5. The number of rotatable bonds is 2. The van der Waals surface area contributed by atoms with Gasteiger partial charge in [-0.3, -0.25) is 4.98 Å². The van der Waals surface area contributed by atoms with E-state index in [1.165, 1.54) is 0 Å². The molecule has 1 fully saturated rings. The Bertz CT molecular complexity index is 469. The Morgan fingerprint density at radius 3 is 2.75 bits per heavy atom. The van der Waals surface area contributed by atoms with Gasteiger partial charge in [-0.2, -0.15) is 0 Å². The van der Waals surface area contributed by atoms with Gasteiger partial charge in [-0.1, -0.05) is 22.0 Å². The van der Waals surface area contributed by atoms with Crippen molar-refractivity contribution in [3.8, 4) is 0 Å². The highest BCUT2D eigenvalue weighted by molar-refractivity contribution is 9.09. The summed E-state index contributed by atoms with van der Waals surface area (Å²) in [6.45, 7) is 1.94. The predicted octanol–water partition coefficient (Wildman–Crippen LogP) is 2.26. The SMILES string of the molecule is Cc1ccc(C(Br)C2CCS(=O)(=O)C2)cn1. The molecule has 1 aliphatic rings. The first-order chi connectivity index (χ1) is 7.48. The van der Waals surface area contributed by atoms with Gasteiger partial charge in [0.05, 0.1) is 11.5 Å². The number of pyridine rings is 1. The second kappa shape index (κ2) is 4.45. The van der Waals surface area contributed by atoms with Gasteiger partial charge in [0.1, 0.15) is 0 Å². The van der Waals surface area contributed by atoms with Crippen LogP contribution < -0.4 is 0 Å². The van der Waals surface area contributed by atoms with E-state index in [-0.39, 0.29) is 16.5 Å².